The number of benzene rings is 2. The number of rotatable bonds is 10. The minimum Gasteiger partial charge on any atom is -0.394 e. The van der Waals surface area contributed by atoms with Crippen LogP contribution in [0, 0.1) is 0 Å². The standard InChI is InChI=1S/C24H30N4O2/c1-3-27(4-2)14-8-7-13-25-19-11-12-20-22-21(19)24(30)18-10-6-5-9-17(18)23(22)26-28(20)15-16-29/h5-6,9-12,25,29H,3-4,7-8,13-16H2,1-2H3. The molecule has 0 unspecified atom stereocenters. The van der Waals surface area contributed by atoms with Crippen molar-refractivity contribution in [3.05, 3.63) is 47.5 Å². The van der Waals surface area contributed by atoms with E-state index in [0.717, 1.165) is 66.9 Å². The van der Waals surface area contributed by atoms with E-state index in [4.69, 9.17) is 5.10 Å². The van der Waals surface area contributed by atoms with Crippen LogP contribution in [-0.2, 0) is 6.54 Å². The summed E-state index contributed by atoms with van der Waals surface area (Å²) >= 11 is 0. The molecule has 3 aromatic rings. The van der Waals surface area contributed by atoms with Gasteiger partial charge >= 0.3 is 0 Å². The van der Waals surface area contributed by atoms with Crippen LogP contribution in [0.4, 0.5) is 5.69 Å². The molecule has 6 heteroatoms. The maximum absolute atomic E-state index is 13.4. The molecule has 0 saturated carbocycles. The summed E-state index contributed by atoms with van der Waals surface area (Å²) in [6.45, 7) is 8.90. The van der Waals surface area contributed by atoms with E-state index in [0.29, 0.717) is 17.7 Å². The molecular weight excluding hydrogens is 376 g/mol. The number of aromatic nitrogens is 2. The Bertz CT molecular complexity index is 1050. The molecule has 0 amide bonds. The third kappa shape index (κ3) is 3.61. The van der Waals surface area contributed by atoms with Gasteiger partial charge in [-0.1, -0.05) is 38.1 Å². The molecular formula is C24H30N4O2. The molecule has 30 heavy (non-hydrogen) atoms. The molecule has 158 valence electrons. The lowest BCUT2D eigenvalue weighted by molar-refractivity contribution is 0.104. The van der Waals surface area contributed by atoms with E-state index in [1.807, 2.05) is 36.4 Å². The SMILES string of the molecule is CCN(CC)CCCCNc1ccc2c3c(nn2CCO)-c2ccccc2C(=O)c13. The Kier molecular flexibility index (Phi) is 6.16. The molecule has 0 aliphatic heterocycles. The van der Waals surface area contributed by atoms with Gasteiger partial charge in [0.05, 0.1) is 24.2 Å². The highest BCUT2D eigenvalue weighted by molar-refractivity contribution is 6.27. The molecule has 0 fully saturated rings. The molecule has 4 rings (SSSR count). The Balaban J connectivity index is 1.64. The molecule has 6 nitrogen and oxygen atoms in total. The number of aliphatic hydroxyl groups excluding tert-OH is 1. The van der Waals surface area contributed by atoms with Gasteiger partial charge in [-0.05, 0) is 44.6 Å². The van der Waals surface area contributed by atoms with Crippen LogP contribution >= 0.6 is 0 Å². The van der Waals surface area contributed by atoms with Crippen LogP contribution < -0.4 is 5.32 Å². The number of nitrogens with one attached hydrogen (secondary N) is 1. The van der Waals surface area contributed by atoms with Gasteiger partial charge in [0, 0.05) is 28.7 Å². The predicted octanol–water partition coefficient (Wildman–Crippen LogP) is 3.77. The normalized spacial score (nSPS) is 12.6. The van der Waals surface area contributed by atoms with Crippen molar-refractivity contribution in [3.63, 3.8) is 0 Å². The first-order valence-corrected chi connectivity index (χ1v) is 10.9. The number of hydrogen-bond acceptors (Lipinski definition) is 5. The van der Waals surface area contributed by atoms with Gasteiger partial charge in [0.2, 0.25) is 0 Å². The maximum atomic E-state index is 13.4. The van der Waals surface area contributed by atoms with E-state index >= 15 is 0 Å². The van der Waals surface area contributed by atoms with Crippen molar-refractivity contribution < 1.29 is 9.90 Å². The van der Waals surface area contributed by atoms with Crippen LogP contribution in [0.3, 0.4) is 0 Å². The Morgan fingerprint density at radius 1 is 1.07 bits per heavy atom. The predicted molar refractivity (Wildman–Crippen MR) is 121 cm³/mol. The van der Waals surface area contributed by atoms with Gasteiger partial charge in [0.15, 0.2) is 5.78 Å². The number of carbonyl (C=O) groups is 1. The maximum Gasteiger partial charge on any atom is 0.196 e. The fraction of sp³-hybridized carbons (Fsp3) is 0.417. The second-order valence-corrected chi connectivity index (χ2v) is 7.71. The fourth-order valence-corrected chi connectivity index (χ4v) is 4.35. The Morgan fingerprint density at radius 3 is 2.57 bits per heavy atom. The molecule has 2 aromatic carbocycles. The molecule has 1 aliphatic carbocycles. The number of ketones is 1. The summed E-state index contributed by atoms with van der Waals surface area (Å²) in [5.74, 6) is 0.0397. The zero-order chi connectivity index (χ0) is 21.1. The summed E-state index contributed by atoms with van der Waals surface area (Å²) in [5, 5.41) is 18.6. The van der Waals surface area contributed by atoms with Crippen molar-refractivity contribution in [2.75, 3.05) is 38.1 Å². The zero-order valence-corrected chi connectivity index (χ0v) is 17.8. The number of nitrogens with zero attached hydrogens (tertiary/aromatic N) is 3. The van der Waals surface area contributed by atoms with Crippen molar-refractivity contribution in [3.8, 4) is 11.3 Å². The quantitative estimate of drug-likeness (QED) is 0.392. The topological polar surface area (TPSA) is 70.4 Å². The van der Waals surface area contributed by atoms with E-state index < -0.39 is 0 Å². The van der Waals surface area contributed by atoms with Gasteiger partial charge < -0.3 is 15.3 Å². The lowest BCUT2D eigenvalue weighted by Crippen LogP contribution is -2.24. The van der Waals surface area contributed by atoms with Crippen LogP contribution in [0.1, 0.15) is 42.6 Å². The number of anilines is 1. The molecule has 1 aromatic heterocycles. The van der Waals surface area contributed by atoms with Crippen LogP contribution in [0.5, 0.6) is 0 Å². The molecule has 0 saturated heterocycles. The van der Waals surface area contributed by atoms with Crippen molar-refractivity contribution in [2.24, 2.45) is 0 Å². The van der Waals surface area contributed by atoms with E-state index in [-0.39, 0.29) is 12.4 Å². The molecule has 1 aliphatic rings. The number of carbonyl (C=O) groups excluding carboxylic acids is 1. The summed E-state index contributed by atoms with van der Waals surface area (Å²) in [6.07, 6.45) is 2.18. The lowest BCUT2D eigenvalue weighted by atomic mass is 9.86. The van der Waals surface area contributed by atoms with Crippen molar-refractivity contribution in [1.82, 2.24) is 14.7 Å². The van der Waals surface area contributed by atoms with Crippen LogP contribution in [0.15, 0.2) is 36.4 Å². The van der Waals surface area contributed by atoms with Crippen LogP contribution in [0.25, 0.3) is 22.2 Å². The van der Waals surface area contributed by atoms with E-state index in [1.54, 1.807) is 4.68 Å². The van der Waals surface area contributed by atoms with Crippen LogP contribution in [0.2, 0.25) is 0 Å². The van der Waals surface area contributed by atoms with Crippen molar-refractivity contribution in [2.45, 2.75) is 33.2 Å². The number of aliphatic hydroxyl groups is 1. The molecule has 1 heterocycles. The van der Waals surface area contributed by atoms with Gasteiger partial charge in [-0.25, -0.2) is 0 Å². The molecule has 0 spiro atoms. The van der Waals surface area contributed by atoms with E-state index in [2.05, 4.69) is 24.1 Å². The van der Waals surface area contributed by atoms with E-state index in [1.165, 1.54) is 0 Å². The molecule has 0 radical (unpaired) electrons. The van der Waals surface area contributed by atoms with Crippen LogP contribution in [-0.4, -0.2) is 58.4 Å². The average Bonchev–Trinajstić information content (AvgIpc) is 3.14. The molecule has 0 bridgehead atoms. The van der Waals surface area contributed by atoms with Gasteiger partial charge in [-0.2, -0.15) is 5.10 Å². The third-order valence-electron chi connectivity index (χ3n) is 6.00. The molecule has 0 atom stereocenters. The second kappa shape index (κ2) is 8.98. The summed E-state index contributed by atoms with van der Waals surface area (Å²) in [5.41, 5.74) is 4.85. The summed E-state index contributed by atoms with van der Waals surface area (Å²) in [4.78, 5) is 15.8. The first kappa shape index (κ1) is 20.6. The number of hydrogen-bond donors (Lipinski definition) is 2. The van der Waals surface area contributed by atoms with Crippen molar-refractivity contribution >= 4 is 22.4 Å². The minimum absolute atomic E-state index is 0.00762. The number of unbranched alkanes of at least 4 members (excludes halogenated alkanes) is 1. The third-order valence-corrected chi connectivity index (χ3v) is 6.00. The highest BCUT2D eigenvalue weighted by Crippen LogP contribution is 2.41. The highest BCUT2D eigenvalue weighted by Gasteiger charge is 2.30. The minimum atomic E-state index is 0.00762. The van der Waals surface area contributed by atoms with Crippen molar-refractivity contribution in [1.29, 1.82) is 0 Å². The average molecular weight is 407 g/mol. The largest absolute Gasteiger partial charge is 0.394 e. The zero-order valence-electron chi connectivity index (χ0n) is 17.8. The first-order chi connectivity index (χ1) is 14.7. The fourth-order valence-electron chi connectivity index (χ4n) is 4.35. The monoisotopic (exact) mass is 406 g/mol. The van der Waals surface area contributed by atoms with Gasteiger partial charge in [0.25, 0.3) is 0 Å². The Hall–Kier alpha value is -2.70. The lowest BCUT2D eigenvalue weighted by Gasteiger charge is -2.19. The number of fused-ring (bicyclic) bond motifs is 2. The van der Waals surface area contributed by atoms with Gasteiger partial charge in [0.1, 0.15) is 5.69 Å². The van der Waals surface area contributed by atoms with Gasteiger partial charge in [-0.15, -0.1) is 0 Å². The highest BCUT2D eigenvalue weighted by atomic mass is 16.3. The second-order valence-electron chi connectivity index (χ2n) is 7.71. The summed E-state index contributed by atoms with van der Waals surface area (Å²) < 4.78 is 1.80. The van der Waals surface area contributed by atoms with E-state index in [9.17, 15) is 9.90 Å². The van der Waals surface area contributed by atoms with Gasteiger partial charge in [-0.3, -0.25) is 9.48 Å². The summed E-state index contributed by atoms with van der Waals surface area (Å²) in [7, 11) is 0. The first-order valence-electron chi connectivity index (χ1n) is 10.9. The summed E-state index contributed by atoms with van der Waals surface area (Å²) in [6, 6.07) is 11.6. The molecule has 2 N–H and O–H groups in total. The smallest absolute Gasteiger partial charge is 0.196 e. The Labute approximate surface area is 177 Å². The Morgan fingerprint density at radius 2 is 1.83 bits per heavy atom.